The summed E-state index contributed by atoms with van der Waals surface area (Å²) in [6.45, 7) is 6.99. The number of rotatable bonds is 5. The van der Waals surface area contributed by atoms with Gasteiger partial charge in [-0.2, -0.15) is 0 Å². The van der Waals surface area contributed by atoms with Gasteiger partial charge in [0.05, 0.1) is 30.2 Å². The molecule has 1 aliphatic heterocycles. The molecule has 0 radical (unpaired) electrons. The Labute approximate surface area is 147 Å². The van der Waals surface area contributed by atoms with Gasteiger partial charge >= 0.3 is 0 Å². The number of benzene rings is 1. The number of carbonyl (C=O) groups excluding carboxylic acids is 1. The molecule has 0 bridgehead atoms. The average molecular weight is 341 g/mol. The molecule has 1 aromatic heterocycles. The van der Waals surface area contributed by atoms with E-state index in [1.54, 1.807) is 0 Å². The van der Waals surface area contributed by atoms with E-state index in [4.69, 9.17) is 4.74 Å². The highest BCUT2D eigenvalue weighted by Gasteiger charge is 2.15. The predicted octanol–water partition coefficient (Wildman–Crippen LogP) is 2.20. The SMILES string of the molecule is CC(C)NC(=O)c1cnc(Nc2ccccc2N2CCOCC2)nc1. The van der Waals surface area contributed by atoms with Gasteiger partial charge in [-0.1, -0.05) is 12.1 Å². The second-order valence-corrected chi connectivity index (χ2v) is 6.17. The van der Waals surface area contributed by atoms with Gasteiger partial charge in [-0.25, -0.2) is 9.97 Å². The molecule has 1 fully saturated rings. The second kappa shape index (κ2) is 7.94. The molecule has 132 valence electrons. The molecule has 2 heterocycles. The Morgan fingerprint density at radius 1 is 1.16 bits per heavy atom. The third-order valence-electron chi connectivity index (χ3n) is 3.84. The molecule has 1 aromatic carbocycles. The Bertz CT molecular complexity index is 712. The van der Waals surface area contributed by atoms with Crippen LogP contribution in [0.3, 0.4) is 0 Å². The van der Waals surface area contributed by atoms with Crippen molar-refractivity contribution >= 4 is 23.2 Å². The third kappa shape index (κ3) is 4.45. The van der Waals surface area contributed by atoms with Crippen molar-refractivity contribution in [1.29, 1.82) is 0 Å². The van der Waals surface area contributed by atoms with Gasteiger partial charge in [-0.05, 0) is 26.0 Å². The Morgan fingerprint density at radius 3 is 2.52 bits per heavy atom. The van der Waals surface area contributed by atoms with E-state index in [2.05, 4.69) is 31.6 Å². The number of morpholine rings is 1. The number of hydrogen-bond acceptors (Lipinski definition) is 6. The fourth-order valence-electron chi connectivity index (χ4n) is 2.64. The van der Waals surface area contributed by atoms with E-state index < -0.39 is 0 Å². The lowest BCUT2D eigenvalue weighted by atomic mass is 10.2. The zero-order valence-corrected chi connectivity index (χ0v) is 14.5. The largest absolute Gasteiger partial charge is 0.378 e. The molecule has 7 heteroatoms. The zero-order valence-electron chi connectivity index (χ0n) is 14.5. The van der Waals surface area contributed by atoms with Crippen molar-refractivity contribution < 1.29 is 9.53 Å². The first-order valence-corrected chi connectivity index (χ1v) is 8.45. The van der Waals surface area contributed by atoms with Crippen molar-refractivity contribution in [1.82, 2.24) is 15.3 Å². The number of carbonyl (C=O) groups is 1. The van der Waals surface area contributed by atoms with E-state index in [9.17, 15) is 4.79 Å². The molecule has 2 N–H and O–H groups in total. The maximum absolute atomic E-state index is 12.0. The van der Waals surface area contributed by atoms with Crippen molar-refractivity contribution in [2.75, 3.05) is 36.5 Å². The van der Waals surface area contributed by atoms with Crippen molar-refractivity contribution in [3.8, 4) is 0 Å². The standard InChI is InChI=1S/C18H23N5O2/c1-13(2)21-17(24)14-11-19-18(20-12-14)22-15-5-3-4-6-16(15)23-7-9-25-10-8-23/h3-6,11-13H,7-10H2,1-2H3,(H,21,24)(H,19,20,22). The fourth-order valence-corrected chi connectivity index (χ4v) is 2.64. The van der Waals surface area contributed by atoms with Crippen LogP contribution in [0.5, 0.6) is 0 Å². The van der Waals surface area contributed by atoms with Gasteiger partial charge in [0, 0.05) is 31.5 Å². The van der Waals surface area contributed by atoms with E-state index in [1.165, 1.54) is 12.4 Å². The number of nitrogens with zero attached hydrogens (tertiary/aromatic N) is 3. The van der Waals surface area contributed by atoms with Crippen LogP contribution in [-0.2, 0) is 4.74 Å². The normalized spacial score (nSPS) is 14.4. The first kappa shape index (κ1) is 17.2. The van der Waals surface area contributed by atoms with Gasteiger partial charge in [-0.3, -0.25) is 4.79 Å². The molecule has 7 nitrogen and oxygen atoms in total. The molecule has 1 saturated heterocycles. The Hall–Kier alpha value is -2.67. The van der Waals surface area contributed by atoms with Crippen LogP contribution < -0.4 is 15.5 Å². The number of hydrogen-bond donors (Lipinski definition) is 2. The van der Waals surface area contributed by atoms with Gasteiger partial charge in [0.2, 0.25) is 5.95 Å². The molecular formula is C18H23N5O2. The highest BCUT2D eigenvalue weighted by molar-refractivity contribution is 5.93. The van der Waals surface area contributed by atoms with Gasteiger partial charge in [0.15, 0.2) is 0 Å². The van der Waals surface area contributed by atoms with Crippen LogP contribution in [0.25, 0.3) is 0 Å². The molecule has 0 unspecified atom stereocenters. The lowest BCUT2D eigenvalue weighted by molar-refractivity contribution is 0.0942. The highest BCUT2D eigenvalue weighted by atomic mass is 16.5. The summed E-state index contributed by atoms with van der Waals surface area (Å²) in [5, 5.41) is 6.06. The first-order valence-electron chi connectivity index (χ1n) is 8.45. The zero-order chi connectivity index (χ0) is 17.6. The number of aromatic nitrogens is 2. The van der Waals surface area contributed by atoms with Gasteiger partial charge < -0.3 is 20.3 Å². The van der Waals surface area contributed by atoms with Crippen LogP contribution in [0.15, 0.2) is 36.7 Å². The lowest BCUT2D eigenvalue weighted by Crippen LogP contribution is -2.36. The molecule has 3 rings (SSSR count). The molecule has 2 aromatic rings. The fraction of sp³-hybridized carbons (Fsp3) is 0.389. The summed E-state index contributed by atoms with van der Waals surface area (Å²) in [6.07, 6.45) is 3.06. The van der Waals surface area contributed by atoms with E-state index in [0.717, 1.165) is 37.7 Å². The molecular weight excluding hydrogens is 318 g/mol. The van der Waals surface area contributed by atoms with Crippen LogP contribution in [0, 0.1) is 0 Å². The molecule has 0 atom stereocenters. The van der Waals surface area contributed by atoms with Crippen LogP contribution in [0.1, 0.15) is 24.2 Å². The summed E-state index contributed by atoms with van der Waals surface area (Å²) in [5.41, 5.74) is 2.47. The summed E-state index contributed by atoms with van der Waals surface area (Å²) in [4.78, 5) is 22.8. The van der Waals surface area contributed by atoms with Crippen LogP contribution in [0.4, 0.5) is 17.3 Å². The molecule has 0 aliphatic carbocycles. The Kier molecular flexibility index (Phi) is 5.45. The Morgan fingerprint density at radius 2 is 1.84 bits per heavy atom. The summed E-state index contributed by atoms with van der Waals surface area (Å²) < 4.78 is 5.42. The second-order valence-electron chi connectivity index (χ2n) is 6.17. The van der Waals surface area contributed by atoms with E-state index in [-0.39, 0.29) is 11.9 Å². The number of amides is 1. The molecule has 1 aliphatic rings. The van der Waals surface area contributed by atoms with Crippen LogP contribution >= 0.6 is 0 Å². The smallest absolute Gasteiger partial charge is 0.254 e. The average Bonchev–Trinajstić information content (AvgIpc) is 2.63. The monoisotopic (exact) mass is 341 g/mol. The van der Waals surface area contributed by atoms with Crippen molar-refractivity contribution in [2.24, 2.45) is 0 Å². The summed E-state index contributed by atoms with van der Waals surface area (Å²) in [6, 6.07) is 8.11. The van der Waals surface area contributed by atoms with E-state index in [0.29, 0.717) is 11.5 Å². The van der Waals surface area contributed by atoms with Crippen molar-refractivity contribution in [3.05, 3.63) is 42.2 Å². The minimum Gasteiger partial charge on any atom is -0.378 e. The molecule has 25 heavy (non-hydrogen) atoms. The van der Waals surface area contributed by atoms with Crippen LogP contribution in [0.2, 0.25) is 0 Å². The van der Waals surface area contributed by atoms with Gasteiger partial charge in [-0.15, -0.1) is 0 Å². The minimum absolute atomic E-state index is 0.0747. The third-order valence-corrected chi connectivity index (χ3v) is 3.84. The van der Waals surface area contributed by atoms with E-state index >= 15 is 0 Å². The maximum atomic E-state index is 12.0. The minimum atomic E-state index is -0.171. The number of nitrogens with one attached hydrogen (secondary N) is 2. The number of para-hydroxylation sites is 2. The van der Waals surface area contributed by atoms with Crippen molar-refractivity contribution in [2.45, 2.75) is 19.9 Å². The number of anilines is 3. The molecule has 0 spiro atoms. The van der Waals surface area contributed by atoms with Gasteiger partial charge in [0.1, 0.15) is 0 Å². The summed E-state index contributed by atoms with van der Waals surface area (Å²) >= 11 is 0. The highest BCUT2D eigenvalue weighted by Crippen LogP contribution is 2.28. The summed E-state index contributed by atoms with van der Waals surface area (Å²) in [7, 11) is 0. The topological polar surface area (TPSA) is 79.4 Å². The predicted molar refractivity (Wildman–Crippen MR) is 97.4 cm³/mol. The van der Waals surface area contributed by atoms with Crippen molar-refractivity contribution in [3.63, 3.8) is 0 Å². The molecule has 0 saturated carbocycles. The Balaban J connectivity index is 1.73. The lowest BCUT2D eigenvalue weighted by Gasteiger charge is -2.30. The summed E-state index contributed by atoms with van der Waals surface area (Å²) in [5.74, 6) is 0.289. The maximum Gasteiger partial charge on any atom is 0.254 e. The van der Waals surface area contributed by atoms with Gasteiger partial charge in [0.25, 0.3) is 5.91 Å². The first-order chi connectivity index (χ1) is 12.1. The molecule has 1 amide bonds. The van der Waals surface area contributed by atoms with Crippen LogP contribution in [-0.4, -0.2) is 48.2 Å². The number of ether oxygens (including phenoxy) is 1. The quantitative estimate of drug-likeness (QED) is 0.868. The van der Waals surface area contributed by atoms with E-state index in [1.807, 2.05) is 32.0 Å².